The zero-order valence-corrected chi connectivity index (χ0v) is 14.8. The Kier molecular flexibility index (Phi) is 6.00. The Balaban J connectivity index is 2.03. The van der Waals surface area contributed by atoms with E-state index in [1.165, 1.54) is 0 Å². The molecule has 0 heterocycles. The highest BCUT2D eigenvalue weighted by atomic mass is 32.3. The lowest BCUT2D eigenvalue weighted by molar-refractivity contribution is 0.288. The summed E-state index contributed by atoms with van der Waals surface area (Å²) in [4.78, 5) is 2.04. The van der Waals surface area contributed by atoms with Gasteiger partial charge in [-0.25, -0.2) is 4.18 Å². The fourth-order valence-corrected chi connectivity index (χ4v) is 2.68. The van der Waals surface area contributed by atoms with Gasteiger partial charge in [0.05, 0.1) is 6.61 Å². The van der Waals surface area contributed by atoms with Gasteiger partial charge >= 0.3 is 10.4 Å². The van der Waals surface area contributed by atoms with E-state index in [-0.39, 0.29) is 12.4 Å². The molecule has 0 aliphatic carbocycles. The zero-order valence-electron chi connectivity index (χ0n) is 14.0. The summed E-state index contributed by atoms with van der Waals surface area (Å²) >= 11 is 0. The van der Waals surface area contributed by atoms with Gasteiger partial charge in [0, 0.05) is 19.8 Å². The van der Waals surface area contributed by atoms with Crippen molar-refractivity contribution < 1.29 is 16.8 Å². The monoisotopic (exact) mass is 347 g/mol. The van der Waals surface area contributed by atoms with Gasteiger partial charge in [-0.05, 0) is 42.3 Å². The molecule has 0 saturated carbocycles. The van der Waals surface area contributed by atoms with E-state index in [4.69, 9.17) is 4.18 Å². The third kappa shape index (κ3) is 5.40. The molecule has 0 bridgehead atoms. The molecule has 2 aromatic carbocycles. The molecule has 24 heavy (non-hydrogen) atoms. The van der Waals surface area contributed by atoms with Crippen molar-refractivity contribution >= 4 is 28.2 Å². The molecule has 0 saturated heterocycles. The minimum Gasteiger partial charge on any atom is -0.378 e. The second kappa shape index (κ2) is 7.99. The van der Waals surface area contributed by atoms with E-state index >= 15 is 0 Å². The van der Waals surface area contributed by atoms with Gasteiger partial charge in [-0.15, -0.1) is 0 Å². The molecule has 0 amide bonds. The summed E-state index contributed by atoms with van der Waals surface area (Å²) in [6.07, 6.45) is 3.94. The highest BCUT2D eigenvalue weighted by Crippen LogP contribution is 2.18. The first-order valence-electron chi connectivity index (χ1n) is 7.54. The molecule has 0 spiro atoms. The van der Waals surface area contributed by atoms with Crippen LogP contribution in [-0.4, -0.2) is 29.1 Å². The normalized spacial score (nSPS) is 11.6. The van der Waals surface area contributed by atoms with Crippen molar-refractivity contribution in [3.63, 3.8) is 0 Å². The first-order chi connectivity index (χ1) is 11.4. The summed E-state index contributed by atoms with van der Waals surface area (Å²) in [7, 11) is 0.0145. The van der Waals surface area contributed by atoms with Crippen LogP contribution in [0.4, 0.5) is 5.69 Å². The summed E-state index contributed by atoms with van der Waals surface area (Å²) in [6, 6.07) is 14.9. The Morgan fingerprint density at radius 1 is 0.917 bits per heavy atom. The summed E-state index contributed by atoms with van der Waals surface area (Å²) < 4.78 is 32.2. The fraction of sp³-hybridized carbons (Fsp3) is 0.222. The maximum atomic E-state index is 11.4. The molecule has 0 radical (unpaired) electrons. The Morgan fingerprint density at radius 3 is 1.88 bits per heavy atom. The summed E-state index contributed by atoms with van der Waals surface area (Å²) in [5, 5.41) is 0. The number of anilines is 1. The van der Waals surface area contributed by atoms with E-state index in [0.29, 0.717) is 0 Å². The van der Waals surface area contributed by atoms with E-state index in [2.05, 4.69) is 16.3 Å². The van der Waals surface area contributed by atoms with E-state index < -0.39 is 10.4 Å². The average Bonchev–Trinajstić information content (AvgIpc) is 2.54. The Bertz CT molecular complexity index is 779. The third-order valence-corrected chi connectivity index (χ3v) is 4.14. The van der Waals surface area contributed by atoms with Gasteiger partial charge in [0.25, 0.3) is 0 Å². The maximum absolute atomic E-state index is 11.4. The van der Waals surface area contributed by atoms with Crippen molar-refractivity contribution in [3.05, 3.63) is 59.7 Å². The highest BCUT2D eigenvalue weighted by Gasteiger charge is 2.11. The van der Waals surface area contributed by atoms with Gasteiger partial charge in [0.2, 0.25) is 0 Å². The smallest absolute Gasteiger partial charge is 0.378 e. The van der Waals surface area contributed by atoms with Crippen molar-refractivity contribution in [1.82, 2.24) is 0 Å². The van der Waals surface area contributed by atoms with Crippen molar-refractivity contribution in [1.29, 1.82) is 0 Å². The zero-order chi connectivity index (χ0) is 17.6. The van der Waals surface area contributed by atoms with Crippen LogP contribution in [0.5, 0.6) is 5.75 Å². The number of nitrogens with zero attached hydrogens (tertiary/aromatic N) is 1. The number of rotatable bonds is 7. The molecule has 0 N–H and O–H groups in total. The Hall–Kier alpha value is -2.31. The third-order valence-electron chi connectivity index (χ3n) is 3.22. The minimum atomic E-state index is -3.99. The highest BCUT2D eigenvalue weighted by molar-refractivity contribution is 7.82. The van der Waals surface area contributed by atoms with Crippen LogP contribution in [0.15, 0.2) is 48.5 Å². The molecule has 6 heteroatoms. The molecule has 5 nitrogen and oxygen atoms in total. The van der Waals surface area contributed by atoms with Crippen molar-refractivity contribution in [2.45, 2.75) is 6.92 Å². The van der Waals surface area contributed by atoms with E-state index in [1.807, 2.05) is 43.3 Å². The lowest BCUT2D eigenvalue weighted by atomic mass is 10.1. The maximum Gasteiger partial charge on any atom is 0.449 e. The number of hydrogen-bond acceptors (Lipinski definition) is 5. The first-order valence-corrected chi connectivity index (χ1v) is 8.87. The van der Waals surface area contributed by atoms with Crippen LogP contribution in [0, 0.1) is 0 Å². The molecule has 2 rings (SSSR count). The van der Waals surface area contributed by atoms with E-state index in [9.17, 15) is 8.42 Å². The van der Waals surface area contributed by atoms with Crippen LogP contribution < -0.4 is 9.08 Å². The molecule has 0 atom stereocenters. The lowest BCUT2D eigenvalue weighted by Gasteiger charge is -2.11. The number of benzene rings is 2. The topological polar surface area (TPSA) is 55.8 Å². The van der Waals surface area contributed by atoms with Gasteiger partial charge in [0.1, 0.15) is 5.75 Å². The van der Waals surface area contributed by atoms with Gasteiger partial charge in [-0.1, -0.05) is 36.4 Å². The van der Waals surface area contributed by atoms with Crippen molar-refractivity contribution in [3.8, 4) is 5.75 Å². The molecular weight excluding hydrogens is 326 g/mol. The van der Waals surface area contributed by atoms with E-state index in [1.54, 1.807) is 31.2 Å². The summed E-state index contributed by atoms with van der Waals surface area (Å²) in [5.41, 5.74) is 3.16. The molecule has 0 aliphatic heterocycles. The Morgan fingerprint density at radius 2 is 1.42 bits per heavy atom. The van der Waals surface area contributed by atoms with Gasteiger partial charge < -0.3 is 9.08 Å². The van der Waals surface area contributed by atoms with Crippen LogP contribution in [-0.2, 0) is 14.6 Å². The first kappa shape index (κ1) is 18.0. The predicted molar refractivity (Wildman–Crippen MR) is 97.3 cm³/mol. The van der Waals surface area contributed by atoms with Gasteiger partial charge in [-0.3, -0.25) is 0 Å². The van der Waals surface area contributed by atoms with Gasteiger partial charge in [-0.2, -0.15) is 8.42 Å². The number of hydrogen-bond donors (Lipinski definition) is 0. The van der Waals surface area contributed by atoms with Crippen LogP contribution in [0.25, 0.3) is 12.2 Å². The Labute approximate surface area is 143 Å². The van der Waals surface area contributed by atoms with Crippen LogP contribution in [0.3, 0.4) is 0 Å². The van der Waals surface area contributed by atoms with Gasteiger partial charge in [0.15, 0.2) is 0 Å². The molecular formula is C18H21NO4S. The van der Waals surface area contributed by atoms with E-state index in [0.717, 1.165) is 16.8 Å². The quantitative estimate of drug-likeness (QED) is 0.717. The molecule has 2 aromatic rings. The molecule has 0 fully saturated rings. The lowest BCUT2D eigenvalue weighted by Crippen LogP contribution is -2.12. The van der Waals surface area contributed by atoms with Crippen LogP contribution >= 0.6 is 0 Å². The second-order valence-corrected chi connectivity index (χ2v) is 6.51. The molecule has 128 valence electrons. The fourth-order valence-electron chi connectivity index (χ4n) is 2.00. The predicted octanol–water partition coefficient (Wildman–Crippen LogP) is 3.58. The molecule has 0 aliphatic rings. The van der Waals surface area contributed by atoms with Crippen molar-refractivity contribution in [2.75, 3.05) is 25.6 Å². The average molecular weight is 347 g/mol. The van der Waals surface area contributed by atoms with Crippen molar-refractivity contribution in [2.24, 2.45) is 0 Å². The molecule has 0 aromatic heterocycles. The van der Waals surface area contributed by atoms with Crippen LogP contribution in [0.1, 0.15) is 18.1 Å². The summed E-state index contributed by atoms with van der Waals surface area (Å²) in [6.45, 7) is 1.62. The second-order valence-electron chi connectivity index (χ2n) is 5.29. The standard InChI is InChI=1S/C18H21NO4S/c1-4-22-24(20,21)23-18-13-9-16(10-14-18)6-5-15-7-11-17(12-8-15)19(2)3/h5-14H,4H2,1-3H3/b6-5+. The SMILES string of the molecule is CCOS(=O)(=O)Oc1ccc(/C=C/c2ccc(N(C)C)cc2)cc1. The largest absolute Gasteiger partial charge is 0.449 e. The van der Waals surface area contributed by atoms with Crippen LogP contribution in [0.2, 0.25) is 0 Å². The summed E-state index contributed by atoms with van der Waals surface area (Å²) in [5.74, 6) is 0.218. The molecule has 0 unspecified atom stereocenters. The minimum absolute atomic E-state index is 0.0375.